The minimum absolute atomic E-state index is 0.0679. The Kier molecular flexibility index (Phi) is 8.67. The molecule has 7 rings (SSSR count). The molecule has 2 saturated heterocycles. The van der Waals surface area contributed by atoms with E-state index in [1.165, 1.54) is 4.90 Å². The van der Waals surface area contributed by atoms with Crippen molar-refractivity contribution < 1.29 is 42.1 Å². The second-order valence-corrected chi connectivity index (χ2v) is 19.0. The van der Waals surface area contributed by atoms with Gasteiger partial charge in [-0.05, 0) is 97.2 Å². The Morgan fingerprint density at radius 1 is 1.00 bits per heavy atom. The van der Waals surface area contributed by atoms with Crippen LogP contribution < -0.4 is 10.6 Å². The number of aliphatic hydroxyl groups excluding tert-OH is 1. The number of amides is 2. The lowest BCUT2D eigenvalue weighted by atomic mass is 9.41. The number of halogens is 3. The highest BCUT2D eigenvalue weighted by Gasteiger charge is 2.84. The molecule has 2 aliphatic heterocycles. The molecule has 2 heterocycles. The lowest BCUT2D eigenvalue weighted by Crippen LogP contribution is -2.62. The molecule has 5 saturated carbocycles. The summed E-state index contributed by atoms with van der Waals surface area (Å²) in [5.41, 5.74) is -0.375. The molecule has 0 aromatic carbocycles. The molecule has 2 amide bonds. The molecule has 3 N–H and O–H groups in total. The molecule has 12 heteroatoms. The normalized spacial score (nSPS) is 47.0. The zero-order valence-corrected chi connectivity index (χ0v) is 31.2. The summed E-state index contributed by atoms with van der Waals surface area (Å²) >= 11 is 0. The third-order valence-electron chi connectivity index (χ3n) is 16.2. The summed E-state index contributed by atoms with van der Waals surface area (Å²) in [6, 6.07) is -0.328. The first-order valence-electron chi connectivity index (χ1n) is 19.2. The van der Waals surface area contributed by atoms with Crippen molar-refractivity contribution >= 4 is 12.2 Å². The summed E-state index contributed by atoms with van der Waals surface area (Å²) in [6.07, 6.45) is 0.782. The fourth-order valence-electron chi connectivity index (χ4n) is 13.9. The Hall–Kier alpha value is -1.79. The standard InChI is InChI=1S/C38H60F3N3O6/c1-20(2)28(50-31(46)42-8)23-15-21(3)27-29(48-23)30(45)35(7)25-10-9-24-33(4,5)26(11-12-36(24)18-37(25,36)14-13-34(27,35)6)49-32(47)43-22-16-44(17-22)19-38(39,40)41/h20-30,45H,9-19H2,1-8H3,(H,42,46)(H,43,47). The van der Waals surface area contributed by atoms with Crippen LogP contribution in [0.5, 0.6) is 0 Å². The summed E-state index contributed by atoms with van der Waals surface area (Å²) in [6.45, 7) is 15.1. The quantitative estimate of drug-likeness (QED) is 0.288. The summed E-state index contributed by atoms with van der Waals surface area (Å²) in [7, 11) is 1.57. The number of carbonyl (C=O) groups is 2. The summed E-state index contributed by atoms with van der Waals surface area (Å²) in [5, 5.41) is 17.9. The molecular formula is C38H60F3N3O6. The number of nitrogens with one attached hydrogen (secondary N) is 2. The average molecular weight is 712 g/mol. The van der Waals surface area contributed by atoms with Gasteiger partial charge in [0.05, 0.1) is 30.9 Å². The Bertz CT molecular complexity index is 1360. The average Bonchev–Trinajstić information content (AvgIpc) is 3.64. The van der Waals surface area contributed by atoms with Gasteiger partial charge >= 0.3 is 18.4 Å². The Balaban J connectivity index is 1.06. The summed E-state index contributed by atoms with van der Waals surface area (Å²) < 4.78 is 57.0. The van der Waals surface area contributed by atoms with Crippen molar-refractivity contribution in [2.75, 3.05) is 26.7 Å². The maximum absolute atomic E-state index is 13.0. The molecular weight excluding hydrogens is 651 g/mol. The number of ether oxygens (including phenoxy) is 3. The molecule has 2 spiro atoms. The van der Waals surface area contributed by atoms with Crippen LogP contribution in [0.15, 0.2) is 0 Å². The van der Waals surface area contributed by atoms with Gasteiger partial charge in [0.1, 0.15) is 12.2 Å². The molecule has 7 fully saturated rings. The molecule has 5 aliphatic carbocycles. The smallest absolute Gasteiger partial charge is 0.407 e. The number of hydrogen-bond acceptors (Lipinski definition) is 7. The minimum atomic E-state index is -4.24. The van der Waals surface area contributed by atoms with Crippen LogP contribution in [0.2, 0.25) is 0 Å². The van der Waals surface area contributed by atoms with E-state index < -0.39 is 37.1 Å². The van der Waals surface area contributed by atoms with Gasteiger partial charge in [-0.2, -0.15) is 13.2 Å². The van der Waals surface area contributed by atoms with Gasteiger partial charge in [-0.3, -0.25) is 4.90 Å². The van der Waals surface area contributed by atoms with E-state index in [0.717, 1.165) is 51.4 Å². The Morgan fingerprint density at radius 2 is 1.66 bits per heavy atom. The number of alkyl halides is 3. The SMILES string of the molecule is CNC(=O)OC(C(C)C)C1CC(C)C2C(O1)C(O)C1(C)C3CCC4C(C)(C)C(OC(=O)NC5CN(CC(F)(F)F)C5)CCC45CC35CCC21C. The highest BCUT2D eigenvalue weighted by molar-refractivity contribution is 5.68. The molecule has 13 atom stereocenters. The second kappa shape index (κ2) is 11.9. The molecule has 13 unspecified atom stereocenters. The summed E-state index contributed by atoms with van der Waals surface area (Å²) in [4.78, 5) is 26.6. The first kappa shape index (κ1) is 36.6. The highest BCUT2D eigenvalue weighted by atomic mass is 19.4. The van der Waals surface area contributed by atoms with Crippen LogP contribution in [0.4, 0.5) is 22.8 Å². The molecule has 284 valence electrons. The van der Waals surface area contributed by atoms with Gasteiger partial charge in [0.15, 0.2) is 0 Å². The van der Waals surface area contributed by atoms with Crippen LogP contribution >= 0.6 is 0 Å². The molecule has 0 aromatic heterocycles. The van der Waals surface area contributed by atoms with Gasteiger partial charge in [-0.15, -0.1) is 0 Å². The Labute approximate surface area is 295 Å². The maximum atomic E-state index is 13.0. The molecule has 9 nitrogen and oxygen atoms in total. The summed E-state index contributed by atoms with van der Waals surface area (Å²) in [5.74, 6) is 1.33. The topological polar surface area (TPSA) is 109 Å². The van der Waals surface area contributed by atoms with Crippen molar-refractivity contribution in [2.24, 2.45) is 56.7 Å². The van der Waals surface area contributed by atoms with E-state index in [-0.39, 0.29) is 76.4 Å². The number of rotatable bonds is 6. The lowest BCUT2D eigenvalue weighted by molar-refractivity contribution is -0.184. The van der Waals surface area contributed by atoms with Crippen LogP contribution in [0.1, 0.15) is 99.8 Å². The fourth-order valence-corrected chi connectivity index (χ4v) is 13.9. The van der Waals surface area contributed by atoms with Crippen molar-refractivity contribution in [1.29, 1.82) is 0 Å². The second-order valence-electron chi connectivity index (χ2n) is 19.0. The maximum Gasteiger partial charge on any atom is 0.407 e. The number of aliphatic hydroxyl groups is 1. The monoisotopic (exact) mass is 711 g/mol. The van der Waals surface area contributed by atoms with Gasteiger partial charge in [0.2, 0.25) is 0 Å². The van der Waals surface area contributed by atoms with Crippen molar-refractivity contribution in [3.8, 4) is 0 Å². The number of fused-ring (bicyclic) bond motifs is 4. The van der Waals surface area contributed by atoms with E-state index in [1.54, 1.807) is 7.05 Å². The van der Waals surface area contributed by atoms with Gasteiger partial charge in [-0.1, -0.05) is 48.5 Å². The first-order valence-corrected chi connectivity index (χ1v) is 19.2. The van der Waals surface area contributed by atoms with Gasteiger partial charge < -0.3 is 30.0 Å². The van der Waals surface area contributed by atoms with E-state index in [1.807, 2.05) is 13.8 Å². The van der Waals surface area contributed by atoms with E-state index in [0.29, 0.717) is 17.8 Å². The minimum Gasteiger partial charge on any atom is -0.446 e. The zero-order chi connectivity index (χ0) is 36.4. The number of carbonyl (C=O) groups excluding carboxylic acids is 2. The van der Waals surface area contributed by atoms with Crippen LogP contribution in [-0.2, 0) is 14.2 Å². The Morgan fingerprint density at radius 3 is 2.30 bits per heavy atom. The number of likely N-dealkylation sites (tertiary alicyclic amines) is 1. The molecule has 50 heavy (non-hydrogen) atoms. The fraction of sp³-hybridized carbons (Fsp3) is 0.947. The molecule has 0 radical (unpaired) electrons. The number of nitrogens with zero attached hydrogens (tertiary/aromatic N) is 1. The van der Waals surface area contributed by atoms with Crippen LogP contribution in [0, 0.1) is 56.7 Å². The molecule has 7 aliphatic rings. The van der Waals surface area contributed by atoms with Gasteiger partial charge in [0.25, 0.3) is 0 Å². The van der Waals surface area contributed by atoms with E-state index in [2.05, 4.69) is 45.3 Å². The third kappa shape index (κ3) is 5.17. The molecule has 0 aromatic rings. The predicted octanol–water partition coefficient (Wildman–Crippen LogP) is 6.52. The lowest BCUT2D eigenvalue weighted by Gasteiger charge is -2.63. The molecule has 0 bridgehead atoms. The van der Waals surface area contributed by atoms with Crippen LogP contribution in [0.3, 0.4) is 0 Å². The van der Waals surface area contributed by atoms with E-state index >= 15 is 0 Å². The van der Waals surface area contributed by atoms with Crippen molar-refractivity contribution in [3.63, 3.8) is 0 Å². The highest BCUT2D eigenvalue weighted by Crippen LogP contribution is 2.89. The van der Waals surface area contributed by atoms with Crippen molar-refractivity contribution in [3.05, 3.63) is 0 Å². The van der Waals surface area contributed by atoms with Crippen molar-refractivity contribution in [2.45, 2.75) is 143 Å². The van der Waals surface area contributed by atoms with E-state index in [4.69, 9.17) is 14.2 Å². The van der Waals surface area contributed by atoms with Gasteiger partial charge in [0, 0.05) is 31.0 Å². The number of hydrogen-bond donors (Lipinski definition) is 3. The van der Waals surface area contributed by atoms with Crippen LogP contribution in [0.25, 0.3) is 0 Å². The van der Waals surface area contributed by atoms with Gasteiger partial charge in [-0.25, -0.2) is 9.59 Å². The zero-order valence-electron chi connectivity index (χ0n) is 31.2. The number of alkyl carbamates (subject to hydrolysis) is 2. The van der Waals surface area contributed by atoms with Crippen LogP contribution in [-0.4, -0.2) is 91.6 Å². The van der Waals surface area contributed by atoms with E-state index in [9.17, 15) is 27.9 Å². The van der Waals surface area contributed by atoms with Crippen molar-refractivity contribution in [1.82, 2.24) is 15.5 Å². The predicted molar refractivity (Wildman–Crippen MR) is 180 cm³/mol. The largest absolute Gasteiger partial charge is 0.446 e. The third-order valence-corrected chi connectivity index (χ3v) is 16.2. The first-order chi connectivity index (χ1) is 23.2.